The maximum absolute atomic E-state index is 14.2. The number of hydrogen-bond donors (Lipinski definition) is 0. The standard InChI is InChI=1S/C32H25BrCl2I2N2O6S/c1-5-44-31(41)27-15(2)38-32-39(28(27)19-12-24(42-3)25(43-4)13-20(19)33)30(40)26(46-32)10-16-8-22(36)29(23(37)9-16)45-14-17-6-7-18(34)11-21(17)35/h6-13,28H,5,14H2,1-4H3/b26-10-/t28-/m0/s1. The molecular weight excluding hydrogens is 945 g/mol. The number of allylic oxidation sites excluding steroid dienone is 1. The molecule has 2 heterocycles. The monoisotopic (exact) mass is 968 g/mol. The van der Waals surface area contributed by atoms with E-state index < -0.39 is 12.0 Å². The van der Waals surface area contributed by atoms with Crippen molar-refractivity contribution in [3.05, 3.63) is 112 Å². The van der Waals surface area contributed by atoms with E-state index in [0.717, 1.165) is 18.3 Å². The van der Waals surface area contributed by atoms with Gasteiger partial charge in [-0.1, -0.05) is 56.5 Å². The fourth-order valence-electron chi connectivity index (χ4n) is 4.91. The average molecular weight is 970 g/mol. The molecule has 0 unspecified atom stereocenters. The Morgan fingerprint density at radius 2 is 1.76 bits per heavy atom. The fraction of sp³-hybridized carbons (Fsp3) is 0.219. The zero-order chi connectivity index (χ0) is 33.3. The number of fused-ring (bicyclic) bond motifs is 1. The van der Waals surface area contributed by atoms with Gasteiger partial charge in [0, 0.05) is 20.1 Å². The molecule has 0 amide bonds. The second-order valence-electron chi connectivity index (χ2n) is 9.87. The summed E-state index contributed by atoms with van der Waals surface area (Å²) in [5.41, 5.74) is 2.67. The Labute approximate surface area is 314 Å². The highest BCUT2D eigenvalue weighted by molar-refractivity contribution is 14.1. The van der Waals surface area contributed by atoms with Gasteiger partial charge in [0.2, 0.25) is 0 Å². The number of rotatable bonds is 9. The maximum atomic E-state index is 14.2. The predicted octanol–water partition coefficient (Wildman–Crippen LogP) is 7.67. The number of aromatic nitrogens is 1. The summed E-state index contributed by atoms with van der Waals surface area (Å²) in [5.74, 6) is 1.10. The molecule has 0 N–H and O–H groups in total. The summed E-state index contributed by atoms with van der Waals surface area (Å²) in [5, 5.41) is 1.09. The summed E-state index contributed by atoms with van der Waals surface area (Å²) in [6, 6.07) is 11.8. The van der Waals surface area contributed by atoms with Gasteiger partial charge in [0.25, 0.3) is 5.56 Å². The van der Waals surface area contributed by atoms with E-state index in [2.05, 4.69) is 66.1 Å². The van der Waals surface area contributed by atoms with Gasteiger partial charge in [0.05, 0.1) is 49.8 Å². The fourth-order valence-corrected chi connectivity index (χ4v) is 9.08. The van der Waals surface area contributed by atoms with Crippen molar-refractivity contribution in [1.29, 1.82) is 0 Å². The third-order valence-electron chi connectivity index (χ3n) is 7.02. The van der Waals surface area contributed by atoms with E-state index in [1.54, 1.807) is 38.1 Å². The maximum Gasteiger partial charge on any atom is 0.338 e. The van der Waals surface area contributed by atoms with Crippen molar-refractivity contribution in [3.63, 3.8) is 0 Å². The van der Waals surface area contributed by atoms with Crippen LogP contribution in [0.3, 0.4) is 0 Å². The highest BCUT2D eigenvalue weighted by Gasteiger charge is 2.35. The van der Waals surface area contributed by atoms with Crippen LogP contribution in [0, 0.1) is 7.14 Å². The Morgan fingerprint density at radius 1 is 1.09 bits per heavy atom. The smallest absolute Gasteiger partial charge is 0.338 e. The van der Waals surface area contributed by atoms with Gasteiger partial charge in [0.15, 0.2) is 16.3 Å². The first-order valence-electron chi connectivity index (χ1n) is 13.6. The number of halogens is 5. The minimum atomic E-state index is -0.831. The lowest BCUT2D eigenvalue weighted by Gasteiger charge is -2.26. The molecule has 240 valence electrons. The van der Waals surface area contributed by atoms with Gasteiger partial charge >= 0.3 is 5.97 Å². The number of hydrogen-bond acceptors (Lipinski definition) is 8. The lowest BCUT2D eigenvalue weighted by molar-refractivity contribution is -0.139. The zero-order valence-electron chi connectivity index (χ0n) is 24.8. The molecule has 4 aromatic rings. The number of esters is 1. The van der Waals surface area contributed by atoms with E-state index in [4.69, 9.17) is 42.1 Å². The first-order valence-corrected chi connectivity index (χ1v) is 18.2. The van der Waals surface area contributed by atoms with Crippen LogP contribution >= 0.6 is 95.7 Å². The van der Waals surface area contributed by atoms with Crippen LogP contribution in [0.1, 0.15) is 36.6 Å². The van der Waals surface area contributed by atoms with E-state index in [-0.39, 0.29) is 24.3 Å². The third kappa shape index (κ3) is 7.16. The molecule has 1 aliphatic rings. The second-order valence-corrected chi connectivity index (χ2v) is 14.9. The Kier molecular flexibility index (Phi) is 11.5. The average Bonchev–Trinajstić information content (AvgIpc) is 3.30. The normalized spacial score (nSPS) is 14.5. The summed E-state index contributed by atoms with van der Waals surface area (Å²) >= 11 is 21.7. The number of nitrogens with zero attached hydrogens (tertiary/aromatic N) is 2. The van der Waals surface area contributed by atoms with Crippen LogP contribution in [-0.2, 0) is 16.1 Å². The van der Waals surface area contributed by atoms with Gasteiger partial charge in [0.1, 0.15) is 12.4 Å². The number of thiazole rings is 1. The van der Waals surface area contributed by atoms with Gasteiger partial charge in [-0.25, -0.2) is 9.79 Å². The van der Waals surface area contributed by atoms with Crippen molar-refractivity contribution in [2.45, 2.75) is 26.5 Å². The number of methoxy groups -OCH3 is 2. The van der Waals surface area contributed by atoms with Crippen molar-refractivity contribution in [1.82, 2.24) is 4.57 Å². The van der Waals surface area contributed by atoms with Crippen molar-refractivity contribution in [3.8, 4) is 17.2 Å². The SMILES string of the molecule is CCOC(=O)C1=C(C)N=c2s/c(=C\c3cc(I)c(OCc4ccc(Cl)cc4Cl)c(I)c3)c(=O)n2[C@H]1c1cc(OC)c(OC)cc1Br. The van der Waals surface area contributed by atoms with E-state index in [0.29, 0.717) is 52.4 Å². The van der Waals surface area contributed by atoms with Gasteiger partial charge in [-0.3, -0.25) is 9.36 Å². The Morgan fingerprint density at radius 3 is 2.39 bits per heavy atom. The van der Waals surface area contributed by atoms with E-state index in [9.17, 15) is 9.59 Å². The summed E-state index contributed by atoms with van der Waals surface area (Å²) in [6.45, 7) is 3.92. The lowest BCUT2D eigenvalue weighted by atomic mass is 9.95. The molecule has 0 radical (unpaired) electrons. The highest BCUT2D eigenvalue weighted by atomic mass is 127. The van der Waals surface area contributed by atoms with Crippen LogP contribution < -0.4 is 29.1 Å². The molecule has 8 nitrogen and oxygen atoms in total. The molecule has 0 saturated carbocycles. The zero-order valence-corrected chi connectivity index (χ0v) is 33.0. The van der Waals surface area contributed by atoms with Crippen molar-refractivity contribution >= 4 is 108 Å². The molecule has 3 aromatic carbocycles. The molecule has 5 rings (SSSR count). The summed E-state index contributed by atoms with van der Waals surface area (Å²) in [6.07, 6.45) is 1.82. The van der Waals surface area contributed by atoms with Crippen LogP contribution in [-0.4, -0.2) is 31.4 Å². The molecule has 1 aromatic heterocycles. The van der Waals surface area contributed by atoms with Gasteiger partial charge in [-0.05, 0) is 113 Å². The number of benzene rings is 3. The molecule has 0 bridgehead atoms. The highest BCUT2D eigenvalue weighted by Crippen LogP contribution is 2.41. The number of ether oxygens (including phenoxy) is 4. The van der Waals surface area contributed by atoms with Gasteiger partial charge in [-0.15, -0.1) is 0 Å². The van der Waals surface area contributed by atoms with Crippen molar-refractivity contribution in [2.75, 3.05) is 20.8 Å². The molecule has 0 saturated heterocycles. The molecule has 1 aliphatic heterocycles. The van der Waals surface area contributed by atoms with Crippen molar-refractivity contribution in [2.24, 2.45) is 4.99 Å². The van der Waals surface area contributed by atoms with Crippen LogP contribution in [0.15, 0.2) is 68.0 Å². The molecule has 46 heavy (non-hydrogen) atoms. The molecule has 0 spiro atoms. The van der Waals surface area contributed by atoms with E-state index in [1.165, 1.54) is 30.1 Å². The molecular formula is C32H25BrCl2I2N2O6S. The van der Waals surface area contributed by atoms with Crippen LogP contribution in [0.4, 0.5) is 0 Å². The minimum absolute atomic E-state index is 0.170. The Hall–Kier alpha value is -2.11. The summed E-state index contributed by atoms with van der Waals surface area (Å²) in [4.78, 5) is 32.6. The molecule has 1 atom stereocenters. The Bertz CT molecular complexity index is 2060. The molecule has 0 aliphatic carbocycles. The minimum Gasteiger partial charge on any atom is -0.493 e. The van der Waals surface area contributed by atoms with Gasteiger partial charge in [-0.2, -0.15) is 0 Å². The largest absolute Gasteiger partial charge is 0.493 e. The van der Waals surface area contributed by atoms with Crippen LogP contribution in [0.5, 0.6) is 17.2 Å². The lowest BCUT2D eigenvalue weighted by Crippen LogP contribution is -2.40. The predicted molar refractivity (Wildman–Crippen MR) is 200 cm³/mol. The molecule has 0 fully saturated rings. The third-order valence-corrected chi connectivity index (χ3v) is 10.9. The quantitative estimate of drug-likeness (QED) is 0.127. The van der Waals surface area contributed by atoms with E-state index in [1.807, 2.05) is 24.3 Å². The van der Waals surface area contributed by atoms with Crippen LogP contribution in [0.2, 0.25) is 10.0 Å². The number of carbonyl (C=O) groups excluding carboxylic acids is 1. The molecule has 14 heteroatoms. The van der Waals surface area contributed by atoms with Gasteiger partial charge < -0.3 is 18.9 Å². The Balaban J connectivity index is 1.60. The topological polar surface area (TPSA) is 88.4 Å². The number of carbonyl (C=O) groups is 1. The van der Waals surface area contributed by atoms with Crippen molar-refractivity contribution < 1.29 is 23.7 Å². The van der Waals surface area contributed by atoms with E-state index >= 15 is 0 Å². The summed E-state index contributed by atoms with van der Waals surface area (Å²) < 4.78 is 26.9. The first-order chi connectivity index (χ1) is 22.0. The summed E-state index contributed by atoms with van der Waals surface area (Å²) in [7, 11) is 3.07. The van der Waals surface area contributed by atoms with Crippen LogP contribution in [0.25, 0.3) is 6.08 Å². The first kappa shape index (κ1) is 35.2. The second kappa shape index (κ2) is 15.0.